The van der Waals surface area contributed by atoms with Gasteiger partial charge in [-0.15, -0.1) is 0 Å². The normalized spacial score (nSPS) is 10.6. The molecule has 19 heavy (non-hydrogen) atoms. The van der Waals surface area contributed by atoms with Gasteiger partial charge in [0.2, 0.25) is 0 Å². The molecule has 0 aliphatic heterocycles. The van der Waals surface area contributed by atoms with Gasteiger partial charge >= 0.3 is 11.8 Å². The molecule has 0 bridgehead atoms. The molecule has 0 unspecified atom stereocenters. The highest BCUT2D eigenvalue weighted by Crippen LogP contribution is 2.14. The Bertz CT molecular complexity index is 436. The van der Waals surface area contributed by atoms with Crippen molar-refractivity contribution in [2.45, 2.75) is 46.2 Å². The SMILES string of the molecule is CC(C)NC(=O)C(=O)NCc1ccc(C(C)C)cc1. The largest absolute Gasteiger partial charge is 0.346 e. The van der Waals surface area contributed by atoms with Crippen LogP contribution in [-0.2, 0) is 16.1 Å². The number of benzene rings is 1. The number of rotatable bonds is 4. The van der Waals surface area contributed by atoms with Crippen LogP contribution >= 0.6 is 0 Å². The lowest BCUT2D eigenvalue weighted by Gasteiger charge is -2.10. The molecule has 0 saturated carbocycles. The number of amides is 2. The molecule has 1 aromatic rings. The van der Waals surface area contributed by atoms with Gasteiger partial charge in [-0.2, -0.15) is 0 Å². The number of carbonyl (C=O) groups excluding carboxylic acids is 2. The van der Waals surface area contributed by atoms with Gasteiger partial charge in [-0.1, -0.05) is 38.1 Å². The number of nitrogens with one attached hydrogen (secondary N) is 2. The average Bonchev–Trinajstić information content (AvgIpc) is 2.35. The summed E-state index contributed by atoms with van der Waals surface area (Å²) in [5.41, 5.74) is 2.24. The van der Waals surface area contributed by atoms with Crippen LogP contribution < -0.4 is 10.6 Å². The molecule has 2 amide bonds. The van der Waals surface area contributed by atoms with Gasteiger partial charge in [0.15, 0.2) is 0 Å². The monoisotopic (exact) mass is 262 g/mol. The molecular formula is C15H22N2O2. The maximum absolute atomic E-state index is 11.5. The molecule has 2 N–H and O–H groups in total. The van der Waals surface area contributed by atoms with E-state index in [0.29, 0.717) is 12.5 Å². The number of hydrogen-bond acceptors (Lipinski definition) is 2. The van der Waals surface area contributed by atoms with Crippen LogP contribution in [0.3, 0.4) is 0 Å². The first-order valence-electron chi connectivity index (χ1n) is 6.57. The van der Waals surface area contributed by atoms with E-state index < -0.39 is 11.8 Å². The Hall–Kier alpha value is -1.84. The minimum absolute atomic E-state index is 0.0384. The first-order valence-corrected chi connectivity index (χ1v) is 6.57. The fourth-order valence-corrected chi connectivity index (χ4v) is 1.61. The molecule has 0 fully saturated rings. The number of carbonyl (C=O) groups is 2. The van der Waals surface area contributed by atoms with Crippen LogP contribution in [0.2, 0.25) is 0 Å². The Balaban J connectivity index is 2.48. The van der Waals surface area contributed by atoms with E-state index in [4.69, 9.17) is 0 Å². The lowest BCUT2D eigenvalue weighted by atomic mass is 10.0. The van der Waals surface area contributed by atoms with Crippen LogP contribution in [0.5, 0.6) is 0 Å². The fraction of sp³-hybridized carbons (Fsp3) is 0.467. The quantitative estimate of drug-likeness (QED) is 0.815. The summed E-state index contributed by atoms with van der Waals surface area (Å²) in [7, 11) is 0. The lowest BCUT2D eigenvalue weighted by molar-refractivity contribution is -0.139. The molecule has 0 aromatic heterocycles. The van der Waals surface area contributed by atoms with Crippen molar-refractivity contribution < 1.29 is 9.59 Å². The zero-order valence-corrected chi connectivity index (χ0v) is 12.0. The van der Waals surface area contributed by atoms with E-state index in [0.717, 1.165) is 5.56 Å². The molecule has 0 saturated heterocycles. The number of hydrogen-bond donors (Lipinski definition) is 2. The van der Waals surface area contributed by atoms with Crippen molar-refractivity contribution in [3.8, 4) is 0 Å². The van der Waals surface area contributed by atoms with Gasteiger partial charge in [0, 0.05) is 12.6 Å². The summed E-state index contributed by atoms with van der Waals surface area (Å²) >= 11 is 0. The van der Waals surface area contributed by atoms with Crippen molar-refractivity contribution in [1.82, 2.24) is 10.6 Å². The van der Waals surface area contributed by atoms with E-state index in [9.17, 15) is 9.59 Å². The molecule has 1 rings (SSSR count). The van der Waals surface area contributed by atoms with Crippen molar-refractivity contribution in [3.63, 3.8) is 0 Å². The Morgan fingerprint density at radius 2 is 1.58 bits per heavy atom. The van der Waals surface area contributed by atoms with Crippen LogP contribution in [-0.4, -0.2) is 17.9 Å². The standard InChI is InChI=1S/C15H22N2O2/c1-10(2)13-7-5-12(6-8-13)9-16-14(18)15(19)17-11(3)4/h5-8,10-11H,9H2,1-4H3,(H,16,18)(H,17,19). The Morgan fingerprint density at radius 1 is 1.00 bits per heavy atom. The molecule has 0 spiro atoms. The van der Waals surface area contributed by atoms with Gasteiger partial charge in [-0.25, -0.2) is 0 Å². The van der Waals surface area contributed by atoms with Gasteiger partial charge < -0.3 is 10.6 Å². The predicted octanol–water partition coefficient (Wildman–Crippen LogP) is 1.95. The Morgan fingerprint density at radius 3 is 2.05 bits per heavy atom. The smallest absolute Gasteiger partial charge is 0.309 e. The van der Waals surface area contributed by atoms with Gasteiger partial charge in [-0.3, -0.25) is 9.59 Å². The van der Waals surface area contributed by atoms with Gasteiger partial charge in [-0.05, 0) is 30.9 Å². The van der Waals surface area contributed by atoms with Crippen molar-refractivity contribution in [1.29, 1.82) is 0 Å². The average molecular weight is 262 g/mol. The zero-order valence-electron chi connectivity index (χ0n) is 12.0. The molecule has 4 nitrogen and oxygen atoms in total. The van der Waals surface area contributed by atoms with E-state index in [-0.39, 0.29) is 6.04 Å². The molecule has 0 aliphatic rings. The van der Waals surface area contributed by atoms with E-state index in [1.54, 1.807) is 0 Å². The van der Waals surface area contributed by atoms with Crippen molar-refractivity contribution in [2.24, 2.45) is 0 Å². The Kier molecular flexibility index (Phi) is 5.55. The maximum atomic E-state index is 11.5. The second-order valence-electron chi connectivity index (χ2n) is 5.21. The topological polar surface area (TPSA) is 58.2 Å². The summed E-state index contributed by atoms with van der Waals surface area (Å²) < 4.78 is 0. The van der Waals surface area contributed by atoms with Crippen LogP contribution in [0.1, 0.15) is 44.7 Å². The highest BCUT2D eigenvalue weighted by atomic mass is 16.2. The lowest BCUT2D eigenvalue weighted by Crippen LogP contribution is -2.42. The first-order chi connectivity index (χ1) is 8.90. The fourth-order valence-electron chi connectivity index (χ4n) is 1.61. The summed E-state index contributed by atoms with van der Waals surface area (Å²) in [5, 5.41) is 5.15. The van der Waals surface area contributed by atoms with E-state index in [1.165, 1.54) is 5.56 Å². The second-order valence-corrected chi connectivity index (χ2v) is 5.21. The van der Waals surface area contributed by atoms with Crippen molar-refractivity contribution >= 4 is 11.8 Å². The molecule has 0 radical (unpaired) electrons. The minimum Gasteiger partial charge on any atom is -0.346 e. The summed E-state index contributed by atoms with van der Waals surface area (Å²) in [5.74, 6) is -0.698. The molecule has 104 valence electrons. The zero-order chi connectivity index (χ0) is 14.4. The van der Waals surface area contributed by atoms with Crippen LogP contribution in [0.25, 0.3) is 0 Å². The highest BCUT2D eigenvalue weighted by Gasteiger charge is 2.13. The molecule has 0 atom stereocenters. The minimum atomic E-state index is -0.596. The third kappa shape index (κ3) is 5.12. The summed E-state index contributed by atoms with van der Waals surface area (Å²) in [4.78, 5) is 22.9. The van der Waals surface area contributed by atoms with Crippen LogP contribution in [0.15, 0.2) is 24.3 Å². The van der Waals surface area contributed by atoms with Crippen LogP contribution in [0.4, 0.5) is 0 Å². The summed E-state index contributed by atoms with van der Waals surface area (Å²) in [6.45, 7) is 8.26. The second kappa shape index (κ2) is 6.92. The molecule has 1 aromatic carbocycles. The first kappa shape index (κ1) is 15.2. The van der Waals surface area contributed by atoms with Crippen molar-refractivity contribution in [2.75, 3.05) is 0 Å². The summed E-state index contributed by atoms with van der Waals surface area (Å²) in [6, 6.07) is 7.98. The predicted molar refractivity (Wildman–Crippen MR) is 75.7 cm³/mol. The van der Waals surface area contributed by atoms with Crippen LogP contribution in [0, 0.1) is 0 Å². The van der Waals surface area contributed by atoms with Gasteiger partial charge in [0.25, 0.3) is 0 Å². The van der Waals surface area contributed by atoms with Gasteiger partial charge in [0.1, 0.15) is 0 Å². The third-order valence-electron chi connectivity index (χ3n) is 2.73. The van der Waals surface area contributed by atoms with Crippen molar-refractivity contribution in [3.05, 3.63) is 35.4 Å². The Labute approximate surface area is 114 Å². The molecular weight excluding hydrogens is 240 g/mol. The third-order valence-corrected chi connectivity index (χ3v) is 2.73. The summed E-state index contributed by atoms with van der Waals surface area (Å²) in [6.07, 6.45) is 0. The van der Waals surface area contributed by atoms with E-state index in [2.05, 4.69) is 24.5 Å². The highest BCUT2D eigenvalue weighted by molar-refractivity contribution is 6.35. The van der Waals surface area contributed by atoms with Gasteiger partial charge in [0.05, 0.1) is 0 Å². The molecule has 0 aliphatic carbocycles. The van der Waals surface area contributed by atoms with E-state index >= 15 is 0 Å². The maximum Gasteiger partial charge on any atom is 0.309 e. The molecule has 4 heteroatoms. The molecule has 0 heterocycles. The van der Waals surface area contributed by atoms with E-state index in [1.807, 2.05) is 38.1 Å².